The van der Waals surface area contributed by atoms with Gasteiger partial charge < -0.3 is 25.4 Å². The molecule has 6 heteroatoms. The molecular weight excluding hydrogens is 294 g/mol. The fourth-order valence-electron chi connectivity index (χ4n) is 2.95. The van der Waals surface area contributed by atoms with Gasteiger partial charge in [0.2, 0.25) is 0 Å². The lowest BCUT2D eigenvalue weighted by atomic mass is 9.87. The zero-order chi connectivity index (χ0) is 16.1. The van der Waals surface area contributed by atoms with Crippen LogP contribution in [0.15, 0.2) is 30.3 Å². The molecule has 1 saturated heterocycles. The van der Waals surface area contributed by atoms with Gasteiger partial charge in [-0.2, -0.15) is 0 Å². The molecule has 1 atom stereocenters. The minimum atomic E-state index is -0.271. The first-order valence-electron chi connectivity index (χ1n) is 8.27. The number of carbonyl (C=O) groups is 1. The zero-order valence-electron chi connectivity index (χ0n) is 13.3. The van der Waals surface area contributed by atoms with Crippen LogP contribution >= 0.6 is 0 Å². The fraction of sp³-hybridized carbons (Fsp3) is 0.588. The van der Waals surface area contributed by atoms with Gasteiger partial charge in [0.25, 0.3) is 0 Å². The monoisotopic (exact) mass is 319 g/mol. The van der Waals surface area contributed by atoms with Crippen LogP contribution in [0, 0.1) is 0 Å². The second-order valence-corrected chi connectivity index (χ2v) is 6.32. The highest BCUT2D eigenvalue weighted by molar-refractivity contribution is 5.67. The minimum Gasteiger partial charge on any atom is -0.445 e. The number of hydrogen-bond acceptors (Lipinski definition) is 5. The molecule has 23 heavy (non-hydrogen) atoms. The van der Waals surface area contributed by atoms with Gasteiger partial charge in [-0.15, -0.1) is 0 Å². The van der Waals surface area contributed by atoms with Crippen molar-refractivity contribution >= 4 is 6.09 Å². The molecule has 0 aromatic heterocycles. The molecular formula is C17H25N3O3. The number of nitrogens with two attached hydrogens (primary N) is 1. The quantitative estimate of drug-likeness (QED) is 0.850. The van der Waals surface area contributed by atoms with E-state index in [-0.39, 0.29) is 12.2 Å². The van der Waals surface area contributed by atoms with Crippen molar-refractivity contribution < 1.29 is 14.3 Å². The van der Waals surface area contributed by atoms with Gasteiger partial charge in [-0.1, -0.05) is 30.3 Å². The average Bonchev–Trinajstić information content (AvgIpc) is 2.57. The number of nitrogens with zero attached hydrogens (tertiary/aromatic N) is 1. The third-order valence-corrected chi connectivity index (χ3v) is 4.41. The van der Waals surface area contributed by atoms with Crippen molar-refractivity contribution in [2.24, 2.45) is 5.73 Å². The summed E-state index contributed by atoms with van der Waals surface area (Å²) in [6.07, 6.45) is 1.79. The number of hydrogen-bond donors (Lipinski definition) is 2. The maximum Gasteiger partial charge on any atom is 0.410 e. The van der Waals surface area contributed by atoms with Gasteiger partial charge in [0.15, 0.2) is 0 Å². The highest BCUT2D eigenvalue weighted by atomic mass is 16.6. The molecule has 2 aliphatic rings. The third kappa shape index (κ3) is 4.67. The predicted molar refractivity (Wildman–Crippen MR) is 86.9 cm³/mol. The molecule has 1 aliphatic heterocycles. The molecule has 1 unspecified atom stereocenters. The number of ether oxygens (including phenoxy) is 2. The largest absolute Gasteiger partial charge is 0.445 e. The molecule has 1 amide bonds. The van der Waals surface area contributed by atoms with Crippen LogP contribution in [0.1, 0.15) is 18.4 Å². The van der Waals surface area contributed by atoms with Crippen molar-refractivity contribution in [1.82, 2.24) is 10.2 Å². The second-order valence-electron chi connectivity index (χ2n) is 6.32. The van der Waals surface area contributed by atoms with E-state index in [9.17, 15) is 4.79 Å². The number of amides is 1. The van der Waals surface area contributed by atoms with E-state index in [1.807, 2.05) is 30.3 Å². The predicted octanol–water partition coefficient (Wildman–Crippen LogP) is 1.10. The molecule has 0 spiro atoms. The van der Waals surface area contributed by atoms with Crippen LogP contribution in [-0.4, -0.2) is 55.4 Å². The minimum absolute atomic E-state index is 0.0184. The van der Waals surface area contributed by atoms with Gasteiger partial charge in [0, 0.05) is 25.2 Å². The first-order chi connectivity index (χ1) is 11.2. The molecule has 6 nitrogen and oxygen atoms in total. The van der Waals surface area contributed by atoms with Gasteiger partial charge in [-0.3, -0.25) is 0 Å². The molecule has 1 aromatic rings. The SMILES string of the molecule is NC1CC(NCC2CN(C(=O)OCc3ccccc3)CCO2)C1. The van der Waals surface area contributed by atoms with E-state index in [1.54, 1.807) is 4.90 Å². The summed E-state index contributed by atoms with van der Waals surface area (Å²) in [6, 6.07) is 10.5. The first kappa shape index (κ1) is 16.2. The van der Waals surface area contributed by atoms with Gasteiger partial charge in [-0.05, 0) is 18.4 Å². The lowest BCUT2D eigenvalue weighted by Gasteiger charge is -2.37. The number of nitrogens with one attached hydrogen (secondary N) is 1. The Hall–Kier alpha value is -1.63. The Kier molecular flexibility index (Phi) is 5.48. The number of rotatable bonds is 5. The summed E-state index contributed by atoms with van der Waals surface area (Å²) in [5.41, 5.74) is 6.77. The van der Waals surface area contributed by atoms with Crippen molar-refractivity contribution in [3.8, 4) is 0 Å². The van der Waals surface area contributed by atoms with Crippen LogP contribution in [0.25, 0.3) is 0 Å². The number of morpholine rings is 1. The molecule has 0 radical (unpaired) electrons. The van der Waals surface area contributed by atoms with Crippen LogP contribution in [-0.2, 0) is 16.1 Å². The molecule has 1 aromatic carbocycles. The summed E-state index contributed by atoms with van der Waals surface area (Å²) >= 11 is 0. The van der Waals surface area contributed by atoms with Crippen LogP contribution in [0.4, 0.5) is 4.79 Å². The summed E-state index contributed by atoms with van der Waals surface area (Å²) in [5, 5.41) is 3.45. The maximum atomic E-state index is 12.2. The summed E-state index contributed by atoms with van der Waals surface area (Å²) in [4.78, 5) is 13.9. The average molecular weight is 319 g/mol. The standard InChI is InChI=1S/C17H25N3O3/c18-14-8-15(9-14)19-10-16-11-20(6-7-22-16)17(21)23-12-13-4-2-1-3-5-13/h1-5,14-16,19H,6-12,18H2. The van der Waals surface area contributed by atoms with Gasteiger partial charge in [0.1, 0.15) is 6.61 Å². The zero-order valence-corrected chi connectivity index (χ0v) is 13.3. The van der Waals surface area contributed by atoms with Crippen molar-refractivity contribution in [2.45, 2.75) is 37.6 Å². The van der Waals surface area contributed by atoms with Gasteiger partial charge in [0.05, 0.1) is 19.3 Å². The smallest absolute Gasteiger partial charge is 0.410 e. The molecule has 3 rings (SSSR count). The Labute approximate surface area is 136 Å². The van der Waals surface area contributed by atoms with Gasteiger partial charge in [-0.25, -0.2) is 4.79 Å². The molecule has 1 saturated carbocycles. The van der Waals surface area contributed by atoms with E-state index < -0.39 is 0 Å². The van der Waals surface area contributed by atoms with E-state index in [1.165, 1.54) is 0 Å². The van der Waals surface area contributed by atoms with Crippen LogP contribution in [0.5, 0.6) is 0 Å². The van der Waals surface area contributed by atoms with Gasteiger partial charge >= 0.3 is 6.09 Å². The lowest BCUT2D eigenvalue weighted by molar-refractivity contribution is -0.0290. The lowest BCUT2D eigenvalue weighted by Crippen LogP contribution is -2.54. The van der Waals surface area contributed by atoms with E-state index in [2.05, 4.69) is 5.32 Å². The van der Waals surface area contributed by atoms with Crippen molar-refractivity contribution in [2.75, 3.05) is 26.2 Å². The first-order valence-corrected chi connectivity index (χ1v) is 8.27. The Bertz CT molecular complexity index is 505. The maximum absolute atomic E-state index is 12.2. The second kappa shape index (κ2) is 7.77. The van der Waals surface area contributed by atoms with Crippen LogP contribution < -0.4 is 11.1 Å². The third-order valence-electron chi connectivity index (χ3n) is 4.41. The molecule has 1 aliphatic carbocycles. The molecule has 126 valence electrons. The van der Waals surface area contributed by atoms with Crippen LogP contribution in [0.3, 0.4) is 0 Å². The Morgan fingerprint density at radius 3 is 2.87 bits per heavy atom. The topological polar surface area (TPSA) is 76.8 Å². The fourth-order valence-corrected chi connectivity index (χ4v) is 2.95. The number of carbonyl (C=O) groups excluding carboxylic acids is 1. The summed E-state index contributed by atoms with van der Waals surface area (Å²) < 4.78 is 11.1. The molecule has 3 N–H and O–H groups in total. The van der Waals surface area contributed by atoms with E-state index in [0.717, 1.165) is 24.9 Å². The Morgan fingerprint density at radius 2 is 2.13 bits per heavy atom. The molecule has 2 fully saturated rings. The summed E-state index contributed by atoms with van der Waals surface area (Å²) in [6.45, 7) is 2.76. The van der Waals surface area contributed by atoms with E-state index in [0.29, 0.717) is 38.4 Å². The van der Waals surface area contributed by atoms with Crippen molar-refractivity contribution in [1.29, 1.82) is 0 Å². The Balaban J connectivity index is 1.39. The summed E-state index contributed by atoms with van der Waals surface area (Å²) in [5.74, 6) is 0. The molecule has 0 bridgehead atoms. The normalized spacial score (nSPS) is 27.3. The highest BCUT2D eigenvalue weighted by Gasteiger charge is 2.29. The van der Waals surface area contributed by atoms with Crippen LogP contribution in [0.2, 0.25) is 0 Å². The van der Waals surface area contributed by atoms with Crippen molar-refractivity contribution in [3.63, 3.8) is 0 Å². The van der Waals surface area contributed by atoms with E-state index in [4.69, 9.17) is 15.2 Å². The number of benzene rings is 1. The highest BCUT2D eigenvalue weighted by Crippen LogP contribution is 2.17. The summed E-state index contributed by atoms with van der Waals surface area (Å²) in [7, 11) is 0. The Morgan fingerprint density at radius 1 is 1.35 bits per heavy atom. The van der Waals surface area contributed by atoms with Crippen molar-refractivity contribution in [3.05, 3.63) is 35.9 Å². The molecule has 1 heterocycles. The van der Waals surface area contributed by atoms with E-state index >= 15 is 0 Å².